The van der Waals surface area contributed by atoms with Gasteiger partial charge in [0.25, 0.3) is 0 Å². The van der Waals surface area contributed by atoms with Crippen LogP contribution in [0.3, 0.4) is 0 Å². The molecule has 0 aromatic carbocycles. The van der Waals surface area contributed by atoms with Gasteiger partial charge in [0.1, 0.15) is 0 Å². The van der Waals surface area contributed by atoms with Crippen LogP contribution in [0.5, 0.6) is 0 Å². The average molecular weight is 186 g/mol. The van der Waals surface area contributed by atoms with Crippen LogP contribution in [-0.2, 0) is 9.59 Å². The summed E-state index contributed by atoms with van der Waals surface area (Å²) in [6, 6.07) is 0. The number of rotatable bonds is 5. The third-order valence-corrected chi connectivity index (χ3v) is 1.57. The van der Waals surface area contributed by atoms with Crippen molar-refractivity contribution in [1.29, 1.82) is 0 Å². The molecule has 0 aromatic heterocycles. The van der Waals surface area contributed by atoms with Crippen LogP contribution in [0.1, 0.15) is 40.0 Å². The number of primary amides is 1. The van der Waals surface area contributed by atoms with Gasteiger partial charge in [0.05, 0.1) is 0 Å². The number of hydrogen-bond acceptors (Lipinski definition) is 2. The van der Waals surface area contributed by atoms with E-state index in [-0.39, 0.29) is 12.3 Å². The van der Waals surface area contributed by atoms with E-state index >= 15 is 0 Å². The molecule has 0 bridgehead atoms. The van der Waals surface area contributed by atoms with E-state index in [4.69, 9.17) is 5.73 Å². The summed E-state index contributed by atoms with van der Waals surface area (Å²) in [4.78, 5) is 21.8. The SMILES string of the molecule is CCCC(=O)NC(C)(C)CC(N)=O. The Morgan fingerprint density at radius 3 is 2.31 bits per heavy atom. The second kappa shape index (κ2) is 4.84. The standard InChI is InChI=1S/C9H18N2O2/c1-4-5-8(13)11-9(2,3)6-7(10)12/h4-6H2,1-3H3,(H2,10,12)(H,11,13). The van der Waals surface area contributed by atoms with Crippen molar-refractivity contribution >= 4 is 11.8 Å². The Labute approximate surface area is 78.9 Å². The highest BCUT2D eigenvalue weighted by Crippen LogP contribution is 2.07. The number of hydrogen-bond donors (Lipinski definition) is 2. The molecular formula is C9H18N2O2. The quantitative estimate of drug-likeness (QED) is 0.658. The van der Waals surface area contributed by atoms with Gasteiger partial charge >= 0.3 is 0 Å². The van der Waals surface area contributed by atoms with E-state index in [1.54, 1.807) is 13.8 Å². The minimum atomic E-state index is -0.530. The smallest absolute Gasteiger partial charge is 0.220 e. The van der Waals surface area contributed by atoms with Crippen molar-refractivity contribution in [1.82, 2.24) is 5.32 Å². The predicted octanol–water partition coefficient (Wildman–Crippen LogP) is 0.557. The first kappa shape index (κ1) is 11.9. The van der Waals surface area contributed by atoms with Crippen LogP contribution >= 0.6 is 0 Å². The number of nitrogens with one attached hydrogen (secondary N) is 1. The Morgan fingerprint density at radius 2 is 1.92 bits per heavy atom. The van der Waals surface area contributed by atoms with Crippen LogP contribution in [-0.4, -0.2) is 17.4 Å². The van der Waals surface area contributed by atoms with Crippen LogP contribution < -0.4 is 11.1 Å². The predicted molar refractivity (Wildman–Crippen MR) is 50.9 cm³/mol. The van der Waals surface area contributed by atoms with E-state index in [0.29, 0.717) is 6.42 Å². The fourth-order valence-electron chi connectivity index (χ4n) is 1.15. The molecule has 0 saturated carbocycles. The van der Waals surface area contributed by atoms with Crippen LogP contribution in [0.15, 0.2) is 0 Å². The van der Waals surface area contributed by atoms with E-state index in [0.717, 1.165) is 6.42 Å². The summed E-state index contributed by atoms with van der Waals surface area (Å²) >= 11 is 0. The maximum absolute atomic E-state index is 11.2. The lowest BCUT2D eigenvalue weighted by Gasteiger charge is -2.24. The Balaban J connectivity index is 4.00. The largest absolute Gasteiger partial charge is 0.370 e. The zero-order chi connectivity index (χ0) is 10.5. The fourth-order valence-corrected chi connectivity index (χ4v) is 1.15. The minimum Gasteiger partial charge on any atom is -0.370 e. The summed E-state index contributed by atoms with van der Waals surface area (Å²) in [7, 11) is 0. The van der Waals surface area contributed by atoms with Gasteiger partial charge < -0.3 is 11.1 Å². The second-order valence-corrected chi connectivity index (χ2v) is 3.83. The number of amides is 2. The van der Waals surface area contributed by atoms with Crippen molar-refractivity contribution in [3.63, 3.8) is 0 Å². The second-order valence-electron chi connectivity index (χ2n) is 3.83. The number of carbonyl (C=O) groups excluding carboxylic acids is 2. The molecule has 76 valence electrons. The fraction of sp³-hybridized carbons (Fsp3) is 0.778. The summed E-state index contributed by atoms with van der Waals surface area (Å²) in [5.41, 5.74) is 4.51. The molecule has 0 spiro atoms. The van der Waals surface area contributed by atoms with E-state index < -0.39 is 11.4 Å². The Kier molecular flexibility index (Phi) is 4.45. The third kappa shape index (κ3) is 6.13. The molecule has 4 nitrogen and oxygen atoms in total. The lowest BCUT2D eigenvalue weighted by molar-refractivity contribution is -0.124. The molecule has 0 aliphatic heterocycles. The maximum Gasteiger partial charge on any atom is 0.220 e. The van der Waals surface area contributed by atoms with Crippen molar-refractivity contribution in [2.24, 2.45) is 5.73 Å². The van der Waals surface area contributed by atoms with Crippen LogP contribution in [0.2, 0.25) is 0 Å². The Morgan fingerprint density at radius 1 is 1.38 bits per heavy atom. The molecule has 0 aliphatic rings. The Bertz CT molecular complexity index is 200. The van der Waals surface area contributed by atoms with Crippen molar-refractivity contribution < 1.29 is 9.59 Å². The van der Waals surface area contributed by atoms with E-state index in [2.05, 4.69) is 5.32 Å². The van der Waals surface area contributed by atoms with Crippen LogP contribution in [0, 0.1) is 0 Å². The summed E-state index contributed by atoms with van der Waals surface area (Å²) < 4.78 is 0. The van der Waals surface area contributed by atoms with Gasteiger partial charge in [-0.3, -0.25) is 9.59 Å². The molecule has 0 radical (unpaired) electrons. The summed E-state index contributed by atoms with van der Waals surface area (Å²) in [6.07, 6.45) is 1.46. The highest BCUT2D eigenvalue weighted by Gasteiger charge is 2.21. The molecule has 0 rings (SSSR count). The molecule has 13 heavy (non-hydrogen) atoms. The first-order valence-corrected chi connectivity index (χ1v) is 4.46. The topological polar surface area (TPSA) is 72.2 Å². The lowest BCUT2D eigenvalue weighted by Crippen LogP contribution is -2.45. The number of carbonyl (C=O) groups is 2. The van der Waals surface area contributed by atoms with Crippen LogP contribution in [0.25, 0.3) is 0 Å². The van der Waals surface area contributed by atoms with Crippen molar-refractivity contribution in [3.05, 3.63) is 0 Å². The molecule has 0 aromatic rings. The highest BCUT2D eigenvalue weighted by molar-refractivity contribution is 5.79. The zero-order valence-electron chi connectivity index (χ0n) is 8.52. The van der Waals surface area contributed by atoms with Crippen molar-refractivity contribution in [2.45, 2.75) is 45.6 Å². The van der Waals surface area contributed by atoms with Gasteiger partial charge in [-0.2, -0.15) is 0 Å². The van der Waals surface area contributed by atoms with Gasteiger partial charge in [-0.15, -0.1) is 0 Å². The Hall–Kier alpha value is -1.06. The van der Waals surface area contributed by atoms with Crippen molar-refractivity contribution in [2.75, 3.05) is 0 Å². The molecule has 0 unspecified atom stereocenters. The van der Waals surface area contributed by atoms with Gasteiger partial charge in [0, 0.05) is 18.4 Å². The molecule has 0 atom stereocenters. The van der Waals surface area contributed by atoms with E-state index in [1.165, 1.54) is 0 Å². The number of nitrogens with two attached hydrogens (primary N) is 1. The molecule has 0 saturated heterocycles. The van der Waals surface area contributed by atoms with Gasteiger partial charge in [0.15, 0.2) is 0 Å². The monoisotopic (exact) mass is 186 g/mol. The summed E-state index contributed by atoms with van der Waals surface area (Å²) in [6.45, 7) is 5.50. The third-order valence-electron chi connectivity index (χ3n) is 1.57. The minimum absolute atomic E-state index is 0.0336. The maximum atomic E-state index is 11.2. The van der Waals surface area contributed by atoms with Gasteiger partial charge in [-0.25, -0.2) is 0 Å². The normalized spacial score (nSPS) is 11.0. The first-order valence-electron chi connectivity index (χ1n) is 4.46. The first-order chi connectivity index (χ1) is 5.87. The lowest BCUT2D eigenvalue weighted by atomic mass is 10.00. The van der Waals surface area contributed by atoms with E-state index in [9.17, 15) is 9.59 Å². The van der Waals surface area contributed by atoms with Gasteiger partial charge in [-0.05, 0) is 20.3 Å². The van der Waals surface area contributed by atoms with Crippen molar-refractivity contribution in [3.8, 4) is 0 Å². The zero-order valence-corrected chi connectivity index (χ0v) is 8.52. The van der Waals surface area contributed by atoms with E-state index in [1.807, 2.05) is 6.92 Å². The molecular weight excluding hydrogens is 168 g/mol. The average Bonchev–Trinajstić information content (AvgIpc) is 1.81. The van der Waals surface area contributed by atoms with Gasteiger partial charge in [0.2, 0.25) is 11.8 Å². The molecule has 3 N–H and O–H groups in total. The highest BCUT2D eigenvalue weighted by atomic mass is 16.2. The van der Waals surface area contributed by atoms with Crippen LogP contribution in [0.4, 0.5) is 0 Å². The molecule has 2 amide bonds. The molecule has 0 fully saturated rings. The molecule has 4 heteroatoms. The molecule has 0 aliphatic carbocycles. The summed E-state index contributed by atoms with van der Waals surface area (Å²) in [5, 5.41) is 2.75. The summed E-state index contributed by atoms with van der Waals surface area (Å²) in [5.74, 6) is -0.435. The van der Waals surface area contributed by atoms with Gasteiger partial charge in [-0.1, -0.05) is 6.92 Å². The molecule has 0 heterocycles.